The summed E-state index contributed by atoms with van der Waals surface area (Å²) >= 11 is 0. The highest BCUT2D eigenvalue weighted by atomic mass is 19.1. The second-order valence-electron chi connectivity index (χ2n) is 4.29. The summed E-state index contributed by atoms with van der Waals surface area (Å²) in [7, 11) is 0. The molecule has 1 heterocycles. The van der Waals surface area contributed by atoms with Crippen LogP contribution in [0.1, 0.15) is 15.9 Å². The molecule has 2 aromatic rings. The zero-order valence-corrected chi connectivity index (χ0v) is 10.5. The zero-order chi connectivity index (χ0) is 13.9. The number of hydrogen-bond acceptors (Lipinski definition) is 3. The van der Waals surface area contributed by atoms with Crippen LogP contribution in [0.4, 0.5) is 4.39 Å². The Kier molecular flexibility index (Phi) is 3.21. The Morgan fingerprint density at radius 2 is 1.90 bits per heavy atom. The van der Waals surface area contributed by atoms with E-state index < -0.39 is 0 Å². The highest BCUT2D eigenvalue weighted by molar-refractivity contribution is 6.09. The van der Waals surface area contributed by atoms with Crippen molar-refractivity contribution in [1.82, 2.24) is 0 Å². The van der Waals surface area contributed by atoms with Gasteiger partial charge < -0.3 is 9.47 Å². The monoisotopic (exact) mass is 270 g/mol. The van der Waals surface area contributed by atoms with Crippen molar-refractivity contribution in [2.24, 2.45) is 0 Å². The van der Waals surface area contributed by atoms with Crippen LogP contribution in [-0.2, 0) is 0 Å². The lowest BCUT2D eigenvalue weighted by atomic mass is 10.1. The Balaban J connectivity index is 1.83. The third kappa shape index (κ3) is 2.40. The molecule has 20 heavy (non-hydrogen) atoms. The average Bonchev–Trinajstić information content (AvgIpc) is 2.94. The number of carbonyl (C=O) groups excluding carboxylic acids is 1. The van der Waals surface area contributed by atoms with E-state index in [0.29, 0.717) is 17.1 Å². The summed E-state index contributed by atoms with van der Waals surface area (Å²) in [6.45, 7) is 0.126. The summed E-state index contributed by atoms with van der Waals surface area (Å²) < 4.78 is 23.3. The zero-order valence-electron chi connectivity index (χ0n) is 10.5. The maximum absolute atomic E-state index is 12.8. The Hall–Kier alpha value is -2.62. The van der Waals surface area contributed by atoms with Gasteiger partial charge in [0.15, 0.2) is 17.3 Å². The first-order valence-corrected chi connectivity index (χ1v) is 6.10. The van der Waals surface area contributed by atoms with Crippen molar-refractivity contribution in [2.45, 2.75) is 0 Å². The van der Waals surface area contributed by atoms with Gasteiger partial charge in [-0.25, -0.2) is 4.39 Å². The van der Waals surface area contributed by atoms with Gasteiger partial charge in [0, 0.05) is 0 Å². The fourth-order valence-electron chi connectivity index (χ4n) is 1.96. The van der Waals surface area contributed by atoms with Gasteiger partial charge in [-0.15, -0.1) is 0 Å². The summed E-state index contributed by atoms with van der Waals surface area (Å²) in [5.41, 5.74) is 1.21. The first kappa shape index (κ1) is 12.4. The second-order valence-corrected chi connectivity index (χ2v) is 4.29. The van der Waals surface area contributed by atoms with Gasteiger partial charge in [-0.2, -0.15) is 0 Å². The van der Waals surface area contributed by atoms with Crippen molar-refractivity contribution in [1.29, 1.82) is 0 Å². The van der Waals surface area contributed by atoms with Gasteiger partial charge in [0.05, 0.1) is 5.56 Å². The van der Waals surface area contributed by atoms with Gasteiger partial charge in [0.25, 0.3) is 0 Å². The molecular weight excluding hydrogens is 259 g/mol. The Morgan fingerprint density at radius 3 is 2.70 bits per heavy atom. The molecule has 0 amide bonds. The maximum Gasteiger partial charge on any atom is 0.231 e. The highest BCUT2D eigenvalue weighted by Gasteiger charge is 2.20. The lowest BCUT2D eigenvalue weighted by Gasteiger charge is -2.01. The normalized spacial score (nSPS) is 12.8. The molecule has 1 aliphatic heterocycles. The highest BCUT2D eigenvalue weighted by Crippen LogP contribution is 2.35. The number of halogens is 1. The van der Waals surface area contributed by atoms with E-state index in [9.17, 15) is 9.18 Å². The predicted octanol–water partition coefficient (Wildman–Crippen LogP) is 3.45. The molecule has 0 saturated heterocycles. The first-order chi connectivity index (χ1) is 9.74. The standard InChI is InChI=1S/C16H11FO3/c17-12-7-4-11(5-8-12)6-9-14(18)13-2-1-3-15-16(13)20-10-19-15/h1-9H,10H2/b9-6+. The molecule has 1 aliphatic rings. The van der Waals surface area contributed by atoms with Gasteiger partial charge >= 0.3 is 0 Å². The topological polar surface area (TPSA) is 35.5 Å². The van der Waals surface area contributed by atoms with Crippen LogP contribution < -0.4 is 9.47 Å². The minimum atomic E-state index is -0.306. The summed E-state index contributed by atoms with van der Waals surface area (Å²) in [6, 6.07) is 11.1. The van der Waals surface area contributed by atoms with Crippen molar-refractivity contribution >= 4 is 11.9 Å². The van der Waals surface area contributed by atoms with Crippen LogP contribution in [0.3, 0.4) is 0 Å². The number of rotatable bonds is 3. The lowest BCUT2D eigenvalue weighted by Crippen LogP contribution is -1.98. The summed E-state index contributed by atoms with van der Waals surface area (Å²) in [4.78, 5) is 12.1. The molecule has 0 N–H and O–H groups in total. The van der Waals surface area contributed by atoms with Crippen molar-refractivity contribution in [3.05, 3.63) is 65.5 Å². The average molecular weight is 270 g/mol. The number of ether oxygens (including phenoxy) is 2. The fourth-order valence-corrected chi connectivity index (χ4v) is 1.96. The lowest BCUT2D eigenvalue weighted by molar-refractivity contribution is 0.104. The van der Waals surface area contributed by atoms with Crippen molar-refractivity contribution in [3.8, 4) is 11.5 Å². The molecule has 0 saturated carbocycles. The van der Waals surface area contributed by atoms with Gasteiger partial charge in [-0.3, -0.25) is 4.79 Å². The number of benzene rings is 2. The smallest absolute Gasteiger partial charge is 0.231 e. The first-order valence-electron chi connectivity index (χ1n) is 6.10. The van der Waals surface area contributed by atoms with E-state index in [4.69, 9.17) is 9.47 Å². The largest absolute Gasteiger partial charge is 0.454 e. The number of carbonyl (C=O) groups is 1. The number of para-hydroxylation sites is 1. The molecule has 3 rings (SSSR count). The molecule has 0 spiro atoms. The van der Waals surface area contributed by atoms with Gasteiger partial charge in [-0.05, 0) is 35.9 Å². The van der Waals surface area contributed by atoms with Crippen LogP contribution in [-0.4, -0.2) is 12.6 Å². The third-order valence-electron chi connectivity index (χ3n) is 2.96. The molecule has 0 aliphatic carbocycles. The van der Waals surface area contributed by atoms with Gasteiger partial charge in [-0.1, -0.05) is 24.3 Å². The van der Waals surface area contributed by atoms with E-state index in [-0.39, 0.29) is 18.4 Å². The van der Waals surface area contributed by atoms with Gasteiger partial charge in [0.1, 0.15) is 5.82 Å². The third-order valence-corrected chi connectivity index (χ3v) is 2.96. The van der Waals surface area contributed by atoms with E-state index in [1.54, 1.807) is 36.4 Å². The van der Waals surface area contributed by atoms with E-state index in [1.807, 2.05) is 0 Å². The van der Waals surface area contributed by atoms with Crippen LogP contribution >= 0.6 is 0 Å². The SMILES string of the molecule is O=C(/C=C/c1ccc(F)cc1)c1cccc2c1OCO2. The van der Waals surface area contributed by atoms with Crippen LogP contribution in [0.25, 0.3) is 6.08 Å². The molecule has 4 heteroatoms. The quantitative estimate of drug-likeness (QED) is 0.633. The maximum atomic E-state index is 12.8. The van der Waals surface area contributed by atoms with Gasteiger partial charge in [0.2, 0.25) is 6.79 Å². The minimum Gasteiger partial charge on any atom is -0.454 e. The van der Waals surface area contributed by atoms with Crippen LogP contribution in [0.2, 0.25) is 0 Å². The van der Waals surface area contributed by atoms with E-state index in [0.717, 1.165) is 5.56 Å². The Bertz CT molecular complexity index is 675. The summed E-state index contributed by atoms with van der Waals surface area (Å²) in [5, 5.41) is 0. The molecular formula is C16H11FO3. The van der Waals surface area contributed by atoms with Crippen molar-refractivity contribution in [3.63, 3.8) is 0 Å². The summed E-state index contributed by atoms with van der Waals surface area (Å²) in [5.74, 6) is 0.559. The number of fused-ring (bicyclic) bond motifs is 1. The molecule has 3 nitrogen and oxygen atoms in total. The molecule has 0 atom stereocenters. The molecule has 0 unspecified atom stereocenters. The molecule has 0 fully saturated rings. The van der Waals surface area contributed by atoms with Crippen LogP contribution in [0.5, 0.6) is 11.5 Å². The molecule has 0 radical (unpaired) electrons. The van der Waals surface area contributed by atoms with E-state index in [2.05, 4.69) is 0 Å². The Morgan fingerprint density at radius 1 is 1.10 bits per heavy atom. The fraction of sp³-hybridized carbons (Fsp3) is 0.0625. The Labute approximate surface area is 115 Å². The minimum absolute atomic E-state index is 0.126. The summed E-state index contributed by atoms with van der Waals surface area (Å²) in [6.07, 6.45) is 3.07. The van der Waals surface area contributed by atoms with Crippen LogP contribution in [0.15, 0.2) is 48.5 Å². The number of hydrogen-bond donors (Lipinski definition) is 0. The van der Waals surface area contributed by atoms with E-state index >= 15 is 0 Å². The second kappa shape index (κ2) is 5.17. The van der Waals surface area contributed by atoms with Crippen LogP contribution in [0, 0.1) is 5.82 Å². The number of allylic oxidation sites excluding steroid dienone is 1. The number of ketones is 1. The molecule has 100 valence electrons. The molecule has 0 bridgehead atoms. The molecule has 2 aromatic carbocycles. The van der Waals surface area contributed by atoms with E-state index in [1.165, 1.54) is 18.2 Å². The van der Waals surface area contributed by atoms with Crippen molar-refractivity contribution < 1.29 is 18.7 Å². The molecule has 0 aromatic heterocycles. The van der Waals surface area contributed by atoms with Crippen molar-refractivity contribution in [2.75, 3.05) is 6.79 Å². The predicted molar refractivity (Wildman–Crippen MR) is 72.3 cm³/mol.